The molecular weight excluding hydrogens is 699 g/mol. The average Bonchev–Trinajstić information content (AvgIpc) is 3.19. The normalized spacial score (nSPS) is 12.5. The number of carbonyl (C=O) groups is 3. The van der Waals surface area contributed by atoms with Crippen molar-refractivity contribution in [3.8, 4) is 0 Å². The van der Waals surface area contributed by atoms with Crippen molar-refractivity contribution < 1.29 is 28.6 Å². The Kier molecular flexibility index (Phi) is 41.7. The Morgan fingerprint density at radius 3 is 1.09 bits per heavy atom. The van der Waals surface area contributed by atoms with E-state index in [1.54, 1.807) is 0 Å². The molecule has 332 valence electrons. The molecule has 0 N–H and O–H groups in total. The van der Waals surface area contributed by atoms with Gasteiger partial charge in [0.15, 0.2) is 0 Å². The van der Waals surface area contributed by atoms with Crippen LogP contribution in [-0.4, -0.2) is 62.3 Å². The zero-order valence-electron chi connectivity index (χ0n) is 38.1. The second-order valence-corrected chi connectivity index (χ2v) is 16.8. The molecule has 0 amide bonds. The van der Waals surface area contributed by atoms with Gasteiger partial charge in [0, 0.05) is 6.42 Å². The zero-order chi connectivity index (χ0) is 41.2. The van der Waals surface area contributed by atoms with Gasteiger partial charge in [-0.05, 0) is 84.3 Å². The maximum atomic E-state index is 13.0. The second-order valence-electron chi connectivity index (χ2n) is 16.8. The highest BCUT2D eigenvalue weighted by atomic mass is 16.5. The highest BCUT2D eigenvalue weighted by Crippen LogP contribution is 2.22. The minimum Gasteiger partial charge on any atom is -0.466 e. The first-order chi connectivity index (χ1) is 27.4. The number of rotatable bonds is 44. The Labute approximate surface area is 348 Å². The van der Waals surface area contributed by atoms with Gasteiger partial charge >= 0.3 is 17.9 Å². The zero-order valence-corrected chi connectivity index (χ0v) is 38.1. The largest absolute Gasteiger partial charge is 0.466 e. The third-order valence-corrected chi connectivity index (χ3v) is 11.4. The third kappa shape index (κ3) is 35.5. The minimum absolute atomic E-state index is 0.0356. The maximum absolute atomic E-state index is 13.0. The molecule has 0 aliphatic heterocycles. The summed E-state index contributed by atoms with van der Waals surface area (Å²) in [4.78, 5) is 40.5. The molecular formula is C49H95NO6. The van der Waals surface area contributed by atoms with Gasteiger partial charge in [-0.2, -0.15) is 0 Å². The molecule has 0 rings (SSSR count). The van der Waals surface area contributed by atoms with E-state index in [4.69, 9.17) is 14.2 Å². The summed E-state index contributed by atoms with van der Waals surface area (Å²) in [6.07, 6.45) is 37.0. The lowest BCUT2D eigenvalue weighted by Gasteiger charge is -2.22. The van der Waals surface area contributed by atoms with Gasteiger partial charge in [0.2, 0.25) is 0 Å². The van der Waals surface area contributed by atoms with Crippen LogP contribution in [0.3, 0.4) is 0 Å². The molecule has 0 aromatic rings. The molecule has 0 spiro atoms. The van der Waals surface area contributed by atoms with E-state index in [2.05, 4.69) is 32.6 Å². The number of carbonyl (C=O) groups excluding carboxylic acids is 3. The van der Waals surface area contributed by atoms with Gasteiger partial charge in [-0.3, -0.25) is 14.4 Å². The predicted octanol–water partition coefficient (Wildman–Crippen LogP) is 14.1. The van der Waals surface area contributed by atoms with Crippen molar-refractivity contribution in [1.29, 1.82) is 0 Å². The first kappa shape index (κ1) is 54.4. The smallest absolute Gasteiger partial charge is 0.308 e. The Morgan fingerprint density at radius 2 is 0.696 bits per heavy atom. The van der Waals surface area contributed by atoms with Crippen LogP contribution in [0.4, 0.5) is 0 Å². The molecule has 7 heteroatoms. The van der Waals surface area contributed by atoms with Crippen LogP contribution in [-0.2, 0) is 28.6 Å². The lowest BCUT2D eigenvalue weighted by Crippen LogP contribution is -2.28. The van der Waals surface area contributed by atoms with Crippen LogP contribution in [0.25, 0.3) is 0 Å². The van der Waals surface area contributed by atoms with Crippen LogP contribution in [0.2, 0.25) is 0 Å². The minimum atomic E-state index is -0.105. The van der Waals surface area contributed by atoms with E-state index < -0.39 is 0 Å². The molecule has 0 fully saturated rings. The fourth-order valence-electron chi connectivity index (χ4n) is 7.74. The number of hydrogen-bond acceptors (Lipinski definition) is 7. The molecule has 7 nitrogen and oxygen atoms in total. The van der Waals surface area contributed by atoms with E-state index in [0.29, 0.717) is 26.2 Å². The summed E-state index contributed by atoms with van der Waals surface area (Å²) >= 11 is 0. The first-order valence-electron chi connectivity index (χ1n) is 24.6. The summed E-state index contributed by atoms with van der Waals surface area (Å²) in [6, 6.07) is 0. The second kappa shape index (κ2) is 43.0. The van der Waals surface area contributed by atoms with Crippen LogP contribution in [0.15, 0.2) is 0 Å². The standard InChI is InChI=1S/C49H95NO6/c1-6-11-15-19-21-29-38-46(36-27-18-14-9-4)49(53)56-44-33-25-23-31-41-50(42-34-39-47(51)54-10-5)40-30-22-24-32-43-55-48(52)45(35-26-17-13-8-3)37-28-20-16-12-7-2/h45-46H,6-44H2,1-5H3. The molecule has 56 heavy (non-hydrogen) atoms. The molecule has 0 aliphatic carbocycles. The quantitative estimate of drug-likeness (QED) is 0.0345. The number of ether oxygens (including phenoxy) is 3. The van der Waals surface area contributed by atoms with Gasteiger partial charge in [-0.25, -0.2) is 0 Å². The summed E-state index contributed by atoms with van der Waals surface area (Å²) in [5.41, 5.74) is 0. The lowest BCUT2D eigenvalue weighted by molar-refractivity contribution is -0.150. The lowest BCUT2D eigenvalue weighted by atomic mass is 9.94. The number of hydrogen-bond donors (Lipinski definition) is 0. The summed E-state index contributed by atoms with van der Waals surface area (Å²) in [5.74, 6) is 0.114. The number of esters is 3. The van der Waals surface area contributed by atoms with E-state index in [-0.39, 0.29) is 29.7 Å². The van der Waals surface area contributed by atoms with E-state index in [1.165, 1.54) is 96.3 Å². The van der Waals surface area contributed by atoms with Crippen molar-refractivity contribution in [2.75, 3.05) is 39.5 Å². The summed E-state index contributed by atoms with van der Waals surface area (Å²) in [5, 5.41) is 0. The maximum Gasteiger partial charge on any atom is 0.308 e. The molecule has 0 saturated carbocycles. The molecule has 0 aliphatic rings. The van der Waals surface area contributed by atoms with Crippen molar-refractivity contribution in [1.82, 2.24) is 4.90 Å². The molecule has 2 atom stereocenters. The monoisotopic (exact) mass is 794 g/mol. The average molecular weight is 794 g/mol. The molecule has 2 unspecified atom stereocenters. The molecule has 0 bridgehead atoms. The van der Waals surface area contributed by atoms with Crippen LogP contribution < -0.4 is 0 Å². The van der Waals surface area contributed by atoms with Gasteiger partial charge < -0.3 is 19.1 Å². The fraction of sp³-hybridized carbons (Fsp3) is 0.939. The van der Waals surface area contributed by atoms with Crippen molar-refractivity contribution >= 4 is 17.9 Å². The highest BCUT2D eigenvalue weighted by molar-refractivity contribution is 5.72. The Morgan fingerprint density at radius 1 is 0.375 bits per heavy atom. The van der Waals surface area contributed by atoms with E-state index in [0.717, 1.165) is 129 Å². The van der Waals surface area contributed by atoms with Gasteiger partial charge in [-0.1, -0.05) is 175 Å². The van der Waals surface area contributed by atoms with Crippen LogP contribution >= 0.6 is 0 Å². The Bertz CT molecular complexity index is 866. The van der Waals surface area contributed by atoms with Crippen LogP contribution in [0.1, 0.15) is 247 Å². The van der Waals surface area contributed by atoms with Crippen molar-refractivity contribution in [2.45, 2.75) is 247 Å². The molecule has 0 radical (unpaired) electrons. The van der Waals surface area contributed by atoms with Gasteiger partial charge in [0.05, 0.1) is 31.7 Å². The third-order valence-electron chi connectivity index (χ3n) is 11.4. The summed E-state index contributed by atoms with van der Waals surface area (Å²) < 4.78 is 16.8. The predicted molar refractivity (Wildman–Crippen MR) is 237 cm³/mol. The summed E-state index contributed by atoms with van der Waals surface area (Å²) in [6.45, 7) is 15.3. The fourth-order valence-corrected chi connectivity index (χ4v) is 7.74. The number of unbranched alkanes of at least 4 members (excludes halogenated alkanes) is 21. The topological polar surface area (TPSA) is 82.1 Å². The van der Waals surface area contributed by atoms with Crippen molar-refractivity contribution in [2.24, 2.45) is 11.8 Å². The van der Waals surface area contributed by atoms with Crippen molar-refractivity contribution in [3.63, 3.8) is 0 Å². The van der Waals surface area contributed by atoms with Gasteiger partial charge in [-0.15, -0.1) is 0 Å². The van der Waals surface area contributed by atoms with E-state index >= 15 is 0 Å². The molecule has 0 heterocycles. The summed E-state index contributed by atoms with van der Waals surface area (Å²) in [7, 11) is 0. The molecule has 0 aromatic carbocycles. The van der Waals surface area contributed by atoms with Gasteiger partial charge in [0.25, 0.3) is 0 Å². The van der Waals surface area contributed by atoms with Crippen LogP contribution in [0, 0.1) is 11.8 Å². The highest BCUT2D eigenvalue weighted by Gasteiger charge is 2.20. The van der Waals surface area contributed by atoms with E-state index in [1.807, 2.05) is 6.92 Å². The van der Waals surface area contributed by atoms with Crippen molar-refractivity contribution in [3.05, 3.63) is 0 Å². The van der Waals surface area contributed by atoms with Gasteiger partial charge in [0.1, 0.15) is 0 Å². The number of nitrogens with zero attached hydrogens (tertiary/aromatic N) is 1. The van der Waals surface area contributed by atoms with Crippen LogP contribution in [0.5, 0.6) is 0 Å². The SMILES string of the molecule is CCCCCCCCC(CCCCCC)C(=O)OCCCCCCN(CCCCCCOC(=O)C(CCCCCC)CCCCCCC)CCCC(=O)OCC. The Balaban J connectivity index is 4.56. The molecule has 0 aromatic heterocycles. The molecule has 0 saturated heterocycles. The first-order valence-corrected chi connectivity index (χ1v) is 24.6. The van der Waals surface area contributed by atoms with E-state index in [9.17, 15) is 14.4 Å². The Hall–Kier alpha value is -1.63.